The summed E-state index contributed by atoms with van der Waals surface area (Å²) in [5.41, 5.74) is 1.30. The number of nitrogens with zero attached hydrogens (tertiary/aromatic N) is 1. The van der Waals surface area contributed by atoms with Crippen molar-refractivity contribution in [3.05, 3.63) is 10.6 Å². The lowest BCUT2D eigenvalue weighted by Gasteiger charge is -2.31. The largest absolute Gasteiger partial charge is 0.366 e. The molecule has 0 aromatic carbocycles. The molecule has 3 heteroatoms. The molecule has 1 aliphatic rings. The minimum absolute atomic E-state index is 1.06. The van der Waals surface area contributed by atoms with Crippen LogP contribution in [0.5, 0.6) is 0 Å². The van der Waals surface area contributed by atoms with Crippen LogP contribution in [-0.2, 0) is 0 Å². The number of rotatable bonds is 3. The summed E-state index contributed by atoms with van der Waals surface area (Å²) in [4.78, 5) is 2.34. The van der Waals surface area contributed by atoms with Gasteiger partial charge >= 0.3 is 0 Å². The molecule has 0 radical (unpaired) electrons. The first kappa shape index (κ1) is 9.07. The molecule has 1 rings (SSSR count). The van der Waals surface area contributed by atoms with Gasteiger partial charge in [-0.2, -0.15) is 0 Å². The molecule has 0 aromatic heterocycles. The summed E-state index contributed by atoms with van der Waals surface area (Å²) < 4.78 is 1.06. The van der Waals surface area contributed by atoms with Gasteiger partial charge in [0.05, 0.1) is 9.23 Å². The van der Waals surface area contributed by atoms with Crippen LogP contribution in [0.3, 0.4) is 0 Å². The molecular weight excluding hydrogens is 174 g/mol. The van der Waals surface area contributed by atoms with E-state index >= 15 is 0 Å². The van der Waals surface area contributed by atoms with Crippen molar-refractivity contribution in [1.82, 2.24) is 4.90 Å². The van der Waals surface area contributed by atoms with Crippen LogP contribution >= 0.6 is 24.0 Å². The van der Waals surface area contributed by atoms with E-state index in [2.05, 4.69) is 25.7 Å². The van der Waals surface area contributed by atoms with Gasteiger partial charge in [0.25, 0.3) is 0 Å². The van der Waals surface area contributed by atoms with Gasteiger partial charge in [0, 0.05) is 18.7 Å². The van der Waals surface area contributed by atoms with Gasteiger partial charge in [-0.05, 0) is 20.8 Å². The summed E-state index contributed by atoms with van der Waals surface area (Å²) >= 11 is 6.81. The summed E-state index contributed by atoms with van der Waals surface area (Å²) in [7, 11) is 0. The minimum atomic E-state index is 1.06. The van der Waals surface area contributed by atoms with Crippen LogP contribution in [0.2, 0.25) is 0 Å². The van der Waals surface area contributed by atoms with E-state index in [4.69, 9.17) is 12.2 Å². The highest BCUT2D eigenvalue weighted by atomic mass is 32.2. The predicted molar refractivity (Wildman–Crippen MR) is 55.8 cm³/mol. The lowest BCUT2D eigenvalue weighted by atomic mass is 10.3. The Hall–Kier alpha value is -0.0200. The molecule has 0 unspecified atom stereocenters. The van der Waals surface area contributed by atoms with Crippen LogP contribution in [-0.4, -0.2) is 22.2 Å². The molecule has 1 heterocycles. The molecule has 0 bridgehead atoms. The molecule has 11 heavy (non-hydrogen) atoms. The Bertz CT molecular complexity index is 204. The normalized spacial score (nSPS) is 16.8. The van der Waals surface area contributed by atoms with Crippen molar-refractivity contribution in [1.29, 1.82) is 0 Å². The van der Waals surface area contributed by atoms with Crippen molar-refractivity contribution >= 4 is 28.2 Å². The van der Waals surface area contributed by atoms with E-state index in [1.807, 2.05) is 0 Å². The molecule has 1 nitrogen and oxygen atoms in total. The Morgan fingerprint density at radius 2 is 1.91 bits per heavy atom. The number of thiocarbonyl (C=S) groups is 1. The quantitative estimate of drug-likeness (QED) is 0.625. The molecule has 1 aliphatic heterocycles. The maximum absolute atomic E-state index is 5.08. The molecule has 0 amide bonds. The van der Waals surface area contributed by atoms with Crippen LogP contribution in [0.25, 0.3) is 0 Å². The molecule has 0 N–H and O–H groups in total. The Labute approximate surface area is 77.8 Å². The average Bonchev–Trinajstić information content (AvgIpc) is 2.05. The second-order valence-electron chi connectivity index (χ2n) is 2.49. The van der Waals surface area contributed by atoms with E-state index in [9.17, 15) is 0 Å². The Balaban J connectivity index is 2.68. The van der Waals surface area contributed by atoms with Gasteiger partial charge in [-0.3, -0.25) is 0 Å². The van der Waals surface area contributed by atoms with Gasteiger partial charge in [0.2, 0.25) is 0 Å². The third-order valence-electron chi connectivity index (χ3n) is 1.87. The fraction of sp³-hybridized carbons (Fsp3) is 0.625. The van der Waals surface area contributed by atoms with Crippen LogP contribution in [0.15, 0.2) is 10.6 Å². The van der Waals surface area contributed by atoms with Crippen LogP contribution in [0, 0.1) is 0 Å². The summed E-state index contributed by atoms with van der Waals surface area (Å²) in [6.45, 7) is 8.61. The highest BCUT2D eigenvalue weighted by Crippen LogP contribution is 2.38. The van der Waals surface area contributed by atoms with E-state index < -0.39 is 0 Å². The SMILES string of the molecule is CCN(CC)C1=C(C)C(=S)S1. The lowest BCUT2D eigenvalue weighted by molar-refractivity contribution is 0.406. The predicted octanol–water partition coefficient (Wildman–Crippen LogP) is 2.63. The van der Waals surface area contributed by atoms with E-state index in [1.165, 1.54) is 10.6 Å². The smallest absolute Gasteiger partial charge is 0.0823 e. The molecule has 62 valence electrons. The van der Waals surface area contributed by atoms with Crippen LogP contribution < -0.4 is 0 Å². The summed E-state index contributed by atoms with van der Waals surface area (Å²) in [6.07, 6.45) is 0. The maximum atomic E-state index is 5.08. The number of thioether (sulfide) groups is 1. The molecule has 0 saturated heterocycles. The zero-order valence-corrected chi connectivity index (χ0v) is 8.81. The van der Waals surface area contributed by atoms with Crippen LogP contribution in [0.4, 0.5) is 0 Å². The number of hydrogen-bond donors (Lipinski definition) is 0. The fourth-order valence-electron chi connectivity index (χ4n) is 1.09. The van der Waals surface area contributed by atoms with Gasteiger partial charge in [-0.1, -0.05) is 24.0 Å². The van der Waals surface area contributed by atoms with Gasteiger partial charge < -0.3 is 4.90 Å². The molecule has 0 aliphatic carbocycles. The Morgan fingerprint density at radius 3 is 2.18 bits per heavy atom. The monoisotopic (exact) mass is 187 g/mol. The van der Waals surface area contributed by atoms with Gasteiger partial charge in [-0.15, -0.1) is 0 Å². The first-order valence-corrected chi connectivity index (χ1v) is 5.11. The third-order valence-corrected chi connectivity index (χ3v) is 3.67. The van der Waals surface area contributed by atoms with Crippen molar-refractivity contribution in [2.24, 2.45) is 0 Å². The molecule has 0 saturated carbocycles. The standard InChI is InChI=1S/C8H13NS2/c1-4-9(5-2)7-6(3)8(10)11-7/h4-5H2,1-3H3. The van der Waals surface area contributed by atoms with Gasteiger partial charge in [-0.25, -0.2) is 0 Å². The summed E-state index contributed by atoms with van der Waals surface area (Å²) in [6, 6.07) is 0. The number of hydrogen-bond acceptors (Lipinski definition) is 3. The second kappa shape index (κ2) is 3.59. The molecule has 0 atom stereocenters. The van der Waals surface area contributed by atoms with Crippen molar-refractivity contribution in [3.8, 4) is 0 Å². The zero-order valence-electron chi connectivity index (χ0n) is 7.18. The first-order chi connectivity index (χ1) is 5.20. The highest BCUT2D eigenvalue weighted by molar-refractivity contribution is 8.28. The lowest BCUT2D eigenvalue weighted by Crippen LogP contribution is -2.27. The van der Waals surface area contributed by atoms with Crippen molar-refractivity contribution in [2.45, 2.75) is 20.8 Å². The summed E-state index contributed by atoms with van der Waals surface area (Å²) in [5, 5.41) is 1.38. The first-order valence-electron chi connectivity index (χ1n) is 3.88. The van der Waals surface area contributed by atoms with Crippen molar-refractivity contribution in [2.75, 3.05) is 13.1 Å². The average molecular weight is 187 g/mol. The molecular formula is C8H13NS2. The topological polar surface area (TPSA) is 3.24 Å². The third kappa shape index (κ3) is 1.59. The van der Waals surface area contributed by atoms with E-state index in [-0.39, 0.29) is 0 Å². The van der Waals surface area contributed by atoms with Gasteiger partial charge in [0.15, 0.2) is 0 Å². The zero-order chi connectivity index (χ0) is 8.43. The fourth-order valence-corrected chi connectivity index (χ4v) is 2.41. The van der Waals surface area contributed by atoms with Crippen molar-refractivity contribution < 1.29 is 0 Å². The van der Waals surface area contributed by atoms with E-state index in [1.54, 1.807) is 11.8 Å². The molecule has 0 spiro atoms. The second-order valence-corrected chi connectivity index (χ2v) is 4.16. The summed E-state index contributed by atoms with van der Waals surface area (Å²) in [5.74, 6) is 0. The van der Waals surface area contributed by atoms with Crippen LogP contribution in [0.1, 0.15) is 20.8 Å². The minimum Gasteiger partial charge on any atom is -0.366 e. The Morgan fingerprint density at radius 1 is 1.36 bits per heavy atom. The molecule has 0 aromatic rings. The van der Waals surface area contributed by atoms with Crippen molar-refractivity contribution in [3.63, 3.8) is 0 Å². The maximum Gasteiger partial charge on any atom is 0.0823 e. The Kier molecular flexibility index (Phi) is 2.96. The highest BCUT2D eigenvalue weighted by Gasteiger charge is 2.23. The van der Waals surface area contributed by atoms with E-state index in [0.717, 1.165) is 17.3 Å². The van der Waals surface area contributed by atoms with Gasteiger partial charge in [0.1, 0.15) is 0 Å². The van der Waals surface area contributed by atoms with E-state index in [0.29, 0.717) is 0 Å². The molecule has 0 fully saturated rings.